The van der Waals surface area contributed by atoms with Crippen molar-refractivity contribution in [3.63, 3.8) is 0 Å². The highest BCUT2D eigenvalue weighted by molar-refractivity contribution is 6.10. The minimum Gasteiger partial charge on any atom is -0.351 e. The van der Waals surface area contributed by atoms with Gasteiger partial charge in [0, 0.05) is 53.5 Å². The molecular weight excluding hydrogens is 729 g/mol. The topological polar surface area (TPSA) is 60.2 Å². The molecule has 4 N–H and O–H groups in total. The summed E-state index contributed by atoms with van der Waals surface area (Å²) < 4.78 is 2.35. The third kappa shape index (κ3) is 11.2. The van der Waals surface area contributed by atoms with Crippen LogP contribution in [0.3, 0.4) is 0 Å². The zero-order valence-electron chi connectivity index (χ0n) is 34.9. The molecule has 1 aliphatic heterocycles. The Kier molecular flexibility index (Phi) is 16.6. The van der Waals surface area contributed by atoms with E-state index >= 15 is 0 Å². The van der Waals surface area contributed by atoms with Crippen LogP contribution in [-0.2, 0) is 0 Å². The predicted molar refractivity (Wildman–Crippen MR) is 264 cm³/mol. The smallest absolute Gasteiger partial charge is 0.0541 e. The Hall–Kier alpha value is -7.24. The SMILES string of the molecule is C1=CC1c1ccc(-c2ccccc2)cc1.C=C.C=C/C=C\C=C/C.C=C1/C=C\C=C/N(C)c2ccc(-c3ccc4c(c3)c3ccccc3n4-c3ccccc3)cc21.NCN. The molecule has 0 fully saturated rings. The van der Waals surface area contributed by atoms with Crippen LogP contribution >= 0.6 is 0 Å². The summed E-state index contributed by atoms with van der Waals surface area (Å²) in [6, 6.07) is 52.0. The normalized spacial score (nSPS) is 13.6. The van der Waals surface area contributed by atoms with Crippen molar-refractivity contribution >= 4 is 33.1 Å². The first-order valence-corrected chi connectivity index (χ1v) is 20.1. The van der Waals surface area contributed by atoms with Crippen LogP contribution < -0.4 is 16.4 Å². The zero-order valence-corrected chi connectivity index (χ0v) is 34.9. The largest absolute Gasteiger partial charge is 0.351 e. The number of hydrogen-bond donors (Lipinski definition) is 2. The molecule has 7 aromatic rings. The maximum absolute atomic E-state index is 4.62. The first kappa shape index (κ1) is 43.9. The number of nitrogens with two attached hydrogens (primary N) is 2. The molecular formula is C56H56N4. The minimum atomic E-state index is 0.250. The highest BCUT2D eigenvalue weighted by atomic mass is 15.1. The molecule has 0 saturated heterocycles. The Bertz CT molecular complexity index is 2610. The van der Waals surface area contributed by atoms with Crippen LogP contribution in [0.2, 0.25) is 0 Å². The molecule has 1 aromatic heterocycles. The van der Waals surface area contributed by atoms with Crippen LogP contribution in [0, 0.1) is 0 Å². The van der Waals surface area contributed by atoms with Crippen LogP contribution in [0.5, 0.6) is 0 Å². The van der Waals surface area contributed by atoms with E-state index in [2.05, 4.69) is 218 Å². The molecule has 0 atom stereocenters. The molecule has 2 aliphatic rings. The van der Waals surface area contributed by atoms with E-state index in [0.717, 1.165) is 16.8 Å². The van der Waals surface area contributed by atoms with Crippen LogP contribution in [0.25, 0.3) is 55.3 Å². The number of anilines is 1. The van der Waals surface area contributed by atoms with E-state index in [1.807, 2.05) is 49.4 Å². The third-order valence-electron chi connectivity index (χ3n) is 9.80. The van der Waals surface area contributed by atoms with Gasteiger partial charge in [-0.25, -0.2) is 0 Å². The van der Waals surface area contributed by atoms with Crippen molar-refractivity contribution in [3.05, 3.63) is 250 Å². The molecule has 0 saturated carbocycles. The molecule has 2 heterocycles. The Labute approximate surface area is 357 Å². The van der Waals surface area contributed by atoms with Gasteiger partial charge in [-0.05, 0) is 88.9 Å². The van der Waals surface area contributed by atoms with Gasteiger partial charge in [-0.15, -0.1) is 13.2 Å². The number of para-hydroxylation sites is 2. The zero-order chi connectivity index (χ0) is 42.7. The van der Waals surface area contributed by atoms with Gasteiger partial charge in [-0.3, -0.25) is 0 Å². The fourth-order valence-electron chi connectivity index (χ4n) is 6.87. The van der Waals surface area contributed by atoms with Crippen molar-refractivity contribution in [1.82, 2.24) is 4.57 Å². The number of nitrogens with zero attached hydrogens (tertiary/aromatic N) is 2. The van der Waals surface area contributed by atoms with Gasteiger partial charge in [0.1, 0.15) is 0 Å². The van der Waals surface area contributed by atoms with Crippen LogP contribution in [0.4, 0.5) is 5.69 Å². The van der Waals surface area contributed by atoms with E-state index in [0.29, 0.717) is 5.92 Å². The van der Waals surface area contributed by atoms with E-state index in [4.69, 9.17) is 0 Å². The fourth-order valence-corrected chi connectivity index (χ4v) is 6.87. The molecule has 300 valence electrons. The van der Waals surface area contributed by atoms with E-state index in [1.165, 1.54) is 55.3 Å². The van der Waals surface area contributed by atoms with Gasteiger partial charge < -0.3 is 20.9 Å². The average Bonchev–Trinajstić information content (AvgIpc) is 4.11. The summed E-state index contributed by atoms with van der Waals surface area (Å²) in [6.45, 7) is 16.0. The Morgan fingerprint density at radius 3 is 1.87 bits per heavy atom. The number of aromatic nitrogens is 1. The summed E-state index contributed by atoms with van der Waals surface area (Å²) in [4.78, 5) is 2.14. The number of allylic oxidation sites excluding steroid dienone is 11. The van der Waals surface area contributed by atoms with Crippen LogP contribution in [-0.4, -0.2) is 18.3 Å². The second-order valence-electron chi connectivity index (χ2n) is 13.8. The Balaban J connectivity index is 0.000000208. The fraction of sp³-hybridized carbons (Fsp3) is 0.0714. The number of rotatable bonds is 6. The quantitative estimate of drug-likeness (QED) is 0.100. The van der Waals surface area contributed by atoms with Gasteiger partial charge in [-0.1, -0.05) is 171 Å². The lowest BCUT2D eigenvalue weighted by molar-refractivity contribution is 1.07. The minimum absolute atomic E-state index is 0.250. The highest BCUT2D eigenvalue weighted by Gasteiger charge is 2.15. The van der Waals surface area contributed by atoms with Crippen molar-refractivity contribution in [2.24, 2.45) is 11.5 Å². The van der Waals surface area contributed by atoms with Crippen molar-refractivity contribution in [3.8, 4) is 27.9 Å². The molecule has 6 aromatic carbocycles. The lowest BCUT2D eigenvalue weighted by atomic mass is 9.96. The van der Waals surface area contributed by atoms with Crippen molar-refractivity contribution in [2.45, 2.75) is 12.8 Å². The molecule has 4 nitrogen and oxygen atoms in total. The lowest BCUT2D eigenvalue weighted by Crippen LogP contribution is -2.10. The summed E-state index contributed by atoms with van der Waals surface area (Å²) in [5.74, 6) is 0.606. The number of hydrogen-bond acceptors (Lipinski definition) is 3. The molecule has 0 amide bonds. The standard InChI is InChI=1S/C31H24N2.C15H12.C7H10.C2H4.CH6N2/c1-22-10-8-9-19-32(2)29-17-15-23(20-27(22)29)24-16-18-31-28(21-24)26-13-6-7-14-30(26)33(31)25-11-4-3-5-12-25;1-2-4-12(5-3-1)13-6-8-14(9-7-13)15-10-11-15;1-3-5-7-6-4-2;1-2;2-1-3/h3-21H,1H2,2H3;1-11,15H;3-7H,1H2,2H3;1-2H2;1-3H2/b10-8-,19-9-;;6-4-,7-5-;;. The summed E-state index contributed by atoms with van der Waals surface area (Å²) >= 11 is 0. The first-order chi connectivity index (χ1) is 29.5. The Morgan fingerprint density at radius 1 is 0.617 bits per heavy atom. The Morgan fingerprint density at radius 2 is 1.20 bits per heavy atom. The molecule has 60 heavy (non-hydrogen) atoms. The molecule has 9 rings (SSSR count). The summed E-state index contributed by atoms with van der Waals surface area (Å²) in [7, 11) is 2.08. The van der Waals surface area contributed by atoms with Gasteiger partial charge in [0.15, 0.2) is 0 Å². The molecule has 1 aliphatic carbocycles. The first-order valence-electron chi connectivity index (χ1n) is 20.1. The maximum atomic E-state index is 4.62. The summed E-state index contributed by atoms with van der Waals surface area (Å²) in [5.41, 5.74) is 22.6. The van der Waals surface area contributed by atoms with Crippen molar-refractivity contribution in [1.29, 1.82) is 0 Å². The molecule has 0 spiro atoms. The third-order valence-corrected chi connectivity index (χ3v) is 9.80. The molecule has 0 radical (unpaired) electrons. The monoisotopic (exact) mass is 784 g/mol. The highest BCUT2D eigenvalue weighted by Crippen LogP contribution is 2.37. The molecule has 0 unspecified atom stereocenters. The van der Waals surface area contributed by atoms with Gasteiger partial charge in [0.25, 0.3) is 0 Å². The summed E-state index contributed by atoms with van der Waals surface area (Å²) in [6.07, 6.45) is 22.2. The van der Waals surface area contributed by atoms with E-state index in [-0.39, 0.29) is 6.67 Å². The second-order valence-corrected chi connectivity index (χ2v) is 13.8. The predicted octanol–water partition coefficient (Wildman–Crippen LogP) is 14.0. The van der Waals surface area contributed by atoms with Gasteiger partial charge in [0.05, 0.1) is 11.0 Å². The van der Waals surface area contributed by atoms with Crippen molar-refractivity contribution < 1.29 is 0 Å². The van der Waals surface area contributed by atoms with Gasteiger partial charge >= 0.3 is 0 Å². The number of fused-ring (bicyclic) bond motifs is 4. The van der Waals surface area contributed by atoms with Crippen molar-refractivity contribution in [2.75, 3.05) is 18.6 Å². The number of benzene rings is 6. The van der Waals surface area contributed by atoms with Gasteiger partial charge in [0.2, 0.25) is 0 Å². The van der Waals surface area contributed by atoms with Crippen LogP contribution in [0.1, 0.15) is 24.0 Å². The molecule has 4 heteroatoms. The lowest BCUT2D eigenvalue weighted by Gasteiger charge is -2.21. The maximum Gasteiger partial charge on any atom is 0.0541 e. The van der Waals surface area contributed by atoms with Crippen LogP contribution in [0.15, 0.2) is 239 Å². The van der Waals surface area contributed by atoms with E-state index in [1.54, 1.807) is 6.08 Å². The van der Waals surface area contributed by atoms with E-state index in [9.17, 15) is 0 Å². The van der Waals surface area contributed by atoms with Gasteiger partial charge in [-0.2, -0.15) is 0 Å². The molecule has 0 bridgehead atoms. The second kappa shape index (κ2) is 22.6. The van der Waals surface area contributed by atoms with E-state index < -0.39 is 0 Å². The summed E-state index contributed by atoms with van der Waals surface area (Å²) in [5, 5.41) is 2.53. The average molecular weight is 785 g/mol.